The van der Waals surface area contributed by atoms with E-state index in [9.17, 15) is 4.79 Å². The highest BCUT2D eigenvalue weighted by molar-refractivity contribution is 5.38. The number of methoxy groups -OCH3 is 1. The van der Waals surface area contributed by atoms with Gasteiger partial charge in [0.15, 0.2) is 5.69 Å². The number of H-pyrrole nitrogens is 1. The fourth-order valence-corrected chi connectivity index (χ4v) is 0.760. The highest BCUT2D eigenvalue weighted by atomic mass is 16.5. The third kappa shape index (κ3) is 1.86. The van der Waals surface area contributed by atoms with Crippen molar-refractivity contribution in [2.75, 3.05) is 25.3 Å². The molecule has 0 atom stereocenters. The molecule has 0 aliphatic carbocycles. The standard InChI is InChI=1S/C6H11N3O3/c1-11-3-2-9(7)5-4-8-12-6(5)10/h4,8H,2-3,7H2,1H3. The minimum atomic E-state index is -0.478. The van der Waals surface area contributed by atoms with E-state index in [1.807, 2.05) is 0 Å². The van der Waals surface area contributed by atoms with E-state index in [0.29, 0.717) is 18.8 Å². The Balaban J connectivity index is 2.59. The predicted octanol–water partition coefficient (Wildman–Crippen LogP) is -0.706. The first kappa shape index (κ1) is 8.82. The molecule has 0 saturated carbocycles. The number of rotatable bonds is 4. The van der Waals surface area contributed by atoms with Crippen LogP contribution in [0.4, 0.5) is 5.69 Å². The van der Waals surface area contributed by atoms with Gasteiger partial charge in [0.1, 0.15) is 0 Å². The Bertz CT molecular complexity index is 280. The summed E-state index contributed by atoms with van der Waals surface area (Å²) in [5.74, 6) is 5.50. The summed E-state index contributed by atoms with van der Waals surface area (Å²) in [6, 6.07) is 0. The van der Waals surface area contributed by atoms with Gasteiger partial charge in [0.2, 0.25) is 0 Å². The van der Waals surface area contributed by atoms with Crippen molar-refractivity contribution in [3.63, 3.8) is 0 Å². The lowest BCUT2D eigenvalue weighted by Gasteiger charge is -2.13. The molecule has 0 unspecified atom stereocenters. The van der Waals surface area contributed by atoms with Gasteiger partial charge in [-0.25, -0.2) is 15.8 Å². The number of aromatic amines is 1. The molecular weight excluding hydrogens is 162 g/mol. The average Bonchev–Trinajstić information content (AvgIpc) is 2.47. The third-order valence-corrected chi connectivity index (χ3v) is 1.40. The zero-order valence-electron chi connectivity index (χ0n) is 6.74. The monoisotopic (exact) mass is 173 g/mol. The average molecular weight is 173 g/mol. The van der Waals surface area contributed by atoms with Crippen LogP contribution in [0.3, 0.4) is 0 Å². The van der Waals surface area contributed by atoms with E-state index < -0.39 is 5.63 Å². The number of nitrogens with zero attached hydrogens (tertiary/aromatic N) is 1. The maximum Gasteiger partial charge on any atom is 0.381 e. The molecule has 1 heterocycles. The van der Waals surface area contributed by atoms with Gasteiger partial charge in [-0.1, -0.05) is 0 Å². The van der Waals surface area contributed by atoms with Crippen LogP contribution < -0.4 is 16.5 Å². The van der Waals surface area contributed by atoms with Crippen LogP contribution in [-0.2, 0) is 4.74 Å². The van der Waals surface area contributed by atoms with Gasteiger partial charge in [0.25, 0.3) is 0 Å². The Morgan fingerprint density at radius 3 is 3.08 bits per heavy atom. The first-order valence-corrected chi connectivity index (χ1v) is 3.43. The lowest BCUT2D eigenvalue weighted by atomic mass is 10.5. The maximum absolute atomic E-state index is 10.9. The fourth-order valence-electron chi connectivity index (χ4n) is 0.760. The number of aromatic nitrogens is 1. The van der Waals surface area contributed by atoms with Crippen LogP contribution >= 0.6 is 0 Å². The second-order valence-electron chi connectivity index (χ2n) is 2.22. The molecule has 1 aromatic rings. The van der Waals surface area contributed by atoms with Crippen LogP contribution in [0.1, 0.15) is 0 Å². The number of nitrogens with two attached hydrogens (primary N) is 1. The molecule has 1 rings (SSSR count). The number of hydrogen-bond donors (Lipinski definition) is 2. The zero-order chi connectivity index (χ0) is 8.97. The van der Waals surface area contributed by atoms with Crippen molar-refractivity contribution >= 4 is 5.69 Å². The summed E-state index contributed by atoms with van der Waals surface area (Å²) < 4.78 is 9.21. The van der Waals surface area contributed by atoms with Gasteiger partial charge in [0.05, 0.1) is 19.3 Å². The van der Waals surface area contributed by atoms with Crippen LogP contribution in [0, 0.1) is 0 Å². The molecule has 1 aromatic heterocycles. The first-order valence-electron chi connectivity index (χ1n) is 3.43. The quantitative estimate of drug-likeness (QED) is 0.464. The van der Waals surface area contributed by atoms with Gasteiger partial charge in [-0.2, -0.15) is 0 Å². The molecule has 0 amide bonds. The van der Waals surface area contributed by atoms with Gasteiger partial charge < -0.3 is 14.3 Å². The van der Waals surface area contributed by atoms with Crippen molar-refractivity contribution in [2.45, 2.75) is 0 Å². The Labute approximate surface area is 68.8 Å². The molecule has 0 aromatic carbocycles. The number of ether oxygens (including phenoxy) is 1. The zero-order valence-corrected chi connectivity index (χ0v) is 6.74. The van der Waals surface area contributed by atoms with Crippen LogP contribution in [0.15, 0.2) is 15.5 Å². The van der Waals surface area contributed by atoms with Crippen molar-refractivity contribution < 1.29 is 9.26 Å². The Hall–Kier alpha value is -1.27. The molecule has 0 bridgehead atoms. The second-order valence-corrected chi connectivity index (χ2v) is 2.22. The predicted molar refractivity (Wildman–Crippen MR) is 42.7 cm³/mol. The van der Waals surface area contributed by atoms with Gasteiger partial charge in [0, 0.05) is 7.11 Å². The molecule has 0 spiro atoms. The highest BCUT2D eigenvalue weighted by Gasteiger charge is 2.07. The summed E-state index contributed by atoms with van der Waals surface area (Å²) in [5, 5.41) is 3.58. The molecule has 0 radical (unpaired) electrons. The van der Waals surface area contributed by atoms with Crippen molar-refractivity contribution in [3.05, 3.63) is 16.6 Å². The van der Waals surface area contributed by atoms with Gasteiger partial charge in [-0.15, -0.1) is 0 Å². The summed E-state index contributed by atoms with van der Waals surface area (Å²) in [5.41, 5.74) is -0.180. The normalized spacial score (nSPS) is 10.2. The molecule has 0 saturated heterocycles. The number of anilines is 1. The van der Waals surface area contributed by atoms with Crippen LogP contribution in [-0.4, -0.2) is 25.4 Å². The Kier molecular flexibility index (Phi) is 2.89. The highest BCUT2D eigenvalue weighted by Crippen LogP contribution is 1.99. The summed E-state index contributed by atoms with van der Waals surface area (Å²) in [6.45, 7) is 0.903. The van der Waals surface area contributed by atoms with Gasteiger partial charge in [-0.3, -0.25) is 0 Å². The number of nitrogens with one attached hydrogen (secondary N) is 1. The van der Waals surface area contributed by atoms with Crippen LogP contribution in [0.5, 0.6) is 0 Å². The van der Waals surface area contributed by atoms with Crippen LogP contribution in [0.2, 0.25) is 0 Å². The fraction of sp³-hybridized carbons (Fsp3) is 0.500. The summed E-state index contributed by atoms with van der Waals surface area (Å²) in [6.07, 6.45) is 1.40. The first-order chi connectivity index (χ1) is 5.75. The number of hydrazine groups is 1. The molecule has 68 valence electrons. The Morgan fingerprint density at radius 1 is 1.83 bits per heavy atom. The van der Waals surface area contributed by atoms with E-state index in [1.54, 1.807) is 7.11 Å². The van der Waals surface area contributed by atoms with Crippen molar-refractivity contribution in [2.24, 2.45) is 5.84 Å². The van der Waals surface area contributed by atoms with Crippen LogP contribution in [0.25, 0.3) is 0 Å². The minimum Gasteiger partial charge on any atom is -0.383 e. The van der Waals surface area contributed by atoms with Gasteiger partial charge >= 0.3 is 5.63 Å². The Morgan fingerprint density at radius 2 is 2.58 bits per heavy atom. The smallest absolute Gasteiger partial charge is 0.381 e. The summed E-state index contributed by atoms with van der Waals surface area (Å²) in [4.78, 5) is 10.9. The topological polar surface area (TPSA) is 84.5 Å². The molecule has 0 aliphatic heterocycles. The van der Waals surface area contributed by atoms with E-state index in [2.05, 4.69) is 9.68 Å². The lowest BCUT2D eigenvalue weighted by molar-refractivity contribution is 0.205. The lowest BCUT2D eigenvalue weighted by Crippen LogP contribution is -2.36. The second kappa shape index (κ2) is 3.93. The van der Waals surface area contributed by atoms with E-state index in [-0.39, 0.29) is 0 Å². The van der Waals surface area contributed by atoms with Crippen molar-refractivity contribution in [1.82, 2.24) is 5.16 Å². The van der Waals surface area contributed by atoms with E-state index >= 15 is 0 Å². The minimum absolute atomic E-state index is 0.298. The maximum atomic E-state index is 10.9. The van der Waals surface area contributed by atoms with E-state index in [4.69, 9.17) is 10.6 Å². The molecule has 12 heavy (non-hydrogen) atoms. The molecule has 0 aliphatic rings. The molecule has 6 heteroatoms. The molecular formula is C6H11N3O3. The third-order valence-electron chi connectivity index (χ3n) is 1.40. The van der Waals surface area contributed by atoms with E-state index in [1.165, 1.54) is 11.2 Å². The molecule has 3 N–H and O–H groups in total. The van der Waals surface area contributed by atoms with Gasteiger partial charge in [-0.05, 0) is 0 Å². The van der Waals surface area contributed by atoms with E-state index in [0.717, 1.165) is 0 Å². The largest absolute Gasteiger partial charge is 0.383 e. The number of hydrogen-bond acceptors (Lipinski definition) is 5. The van der Waals surface area contributed by atoms with Crippen molar-refractivity contribution in [3.8, 4) is 0 Å². The molecule has 0 fully saturated rings. The summed E-state index contributed by atoms with van der Waals surface area (Å²) >= 11 is 0. The van der Waals surface area contributed by atoms with Crippen molar-refractivity contribution in [1.29, 1.82) is 0 Å². The summed E-state index contributed by atoms with van der Waals surface area (Å²) in [7, 11) is 1.56. The SMILES string of the molecule is COCCN(N)c1c[nH]oc1=O. The molecule has 6 nitrogen and oxygen atoms in total.